The quantitative estimate of drug-likeness (QED) is 0.726. The number of rotatable bonds is 4. The lowest BCUT2D eigenvalue weighted by molar-refractivity contribution is 0.479. The topological polar surface area (TPSA) is 58.0 Å². The number of nitrogens with one attached hydrogen (secondary N) is 1. The van der Waals surface area contributed by atoms with Crippen molar-refractivity contribution in [2.45, 2.75) is 12.8 Å². The molecule has 0 aliphatic carbocycles. The van der Waals surface area contributed by atoms with E-state index in [1.165, 1.54) is 24.6 Å². The third-order valence-corrected chi connectivity index (χ3v) is 3.24. The van der Waals surface area contributed by atoms with Crippen LogP contribution in [0.5, 0.6) is 5.75 Å². The summed E-state index contributed by atoms with van der Waals surface area (Å²) in [5, 5.41) is 13.1. The minimum atomic E-state index is 0.176. The van der Waals surface area contributed by atoms with Crippen molar-refractivity contribution in [2.24, 2.45) is 0 Å². The van der Waals surface area contributed by atoms with Gasteiger partial charge in [0.1, 0.15) is 5.75 Å². The average molecular weight is 295 g/mol. The Morgan fingerprint density at radius 1 is 1.05 bits per heavy atom. The standard InChI is InChI=1S/C10H15N.C8H6N2O/c1-11-9-5-8-10-6-3-2-4-7-10;11-8-5-9-4-7-6(8)2-1-3-10-7/h2-4,6-7,11H,5,8-9H2,1H3;1-5,11H. The fourth-order valence-electron chi connectivity index (χ4n) is 2.10. The second-order valence-electron chi connectivity index (χ2n) is 4.92. The molecule has 0 unspecified atom stereocenters. The van der Waals surface area contributed by atoms with Gasteiger partial charge >= 0.3 is 0 Å². The molecule has 3 rings (SSSR count). The molecule has 0 bridgehead atoms. The molecule has 2 heterocycles. The Labute approximate surface area is 130 Å². The van der Waals surface area contributed by atoms with Crippen LogP contribution in [-0.4, -0.2) is 28.7 Å². The molecule has 0 aliphatic heterocycles. The summed E-state index contributed by atoms with van der Waals surface area (Å²) < 4.78 is 0. The minimum absolute atomic E-state index is 0.176. The first-order chi connectivity index (χ1) is 10.8. The summed E-state index contributed by atoms with van der Waals surface area (Å²) in [6, 6.07) is 14.2. The Morgan fingerprint density at radius 2 is 1.86 bits per heavy atom. The van der Waals surface area contributed by atoms with Crippen LogP contribution in [0.2, 0.25) is 0 Å². The normalized spacial score (nSPS) is 10.0. The van der Waals surface area contributed by atoms with Gasteiger partial charge in [0.15, 0.2) is 0 Å². The lowest BCUT2D eigenvalue weighted by Gasteiger charge is -1.99. The smallest absolute Gasteiger partial charge is 0.143 e. The number of aromatic nitrogens is 2. The first-order valence-corrected chi connectivity index (χ1v) is 7.37. The van der Waals surface area contributed by atoms with Gasteiger partial charge in [0.05, 0.1) is 17.9 Å². The first-order valence-electron chi connectivity index (χ1n) is 7.37. The molecule has 0 atom stereocenters. The number of hydrogen-bond acceptors (Lipinski definition) is 4. The van der Waals surface area contributed by atoms with E-state index in [4.69, 9.17) is 0 Å². The lowest BCUT2D eigenvalue weighted by Crippen LogP contribution is -2.08. The van der Waals surface area contributed by atoms with Crippen molar-refractivity contribution in [3.8, 4) is 5.75 Å². The fourth-order valence-corrected chi connectivity index (χ4v) is 2.10. The number of aromatic hydroxyl groups is 1. The van der Waals surface area contributed by atoms with E-state index < -0.39 is 0 Å². The van der Waals surface area contributed by atoms with E-state index in [0.29, 0.717) is 5.52 Å². The molecule has 0 saturated heterocycles. The molecule has 2 aromatic heterocycles. The maximum Gasteiger partial charge on any atom is 0.143 e. The van der Waals surface area contributed by atoms with Crippen LogP contribution in [0.15, 0.2) is 61.1 Å². The Morgan fingerprint density at radius 3 is 2.59 bits per heavy atom. The van der Waals surface area contributed by atoms with E-state index in [2.05, 4.69) is 45.6 Å². The Balaban J connectivity index is 0.000000160. The van der Waals surface area contributed by atoms with E-state index in [1.54, 1.807) is 24.5 Å². The lowest BCUT2D eigenvalue weighted by atomic mass is 10.1. The van der Waals surface area contributed by atoms with Gasteiger partial charge in [-0.25, -0.2) is 0 Å². The Bertz CT molecular complexity index is 681. The van der Waals surface area contributed by atoms with Crippen LogP contribution in [0.25, 0.3) is 10.9 Å². The van der Waals surface area contributed by atoms with Crippen LogP contribution in [0, 0.1) is 0 Å². The van der Waals surface area contributed by atoms with Gasteiger partial charge < -0.3 is 10.4 Å². The zero-order valence-corrected chi connectivity index (χ0v) is 12.7. The van der Waals surface area contributed by atoms with E-state index >= 15 is 0 Å². The summed E-state index contributed by atoms with van der Waals surface area (Å²) in [5.74, 6) is 0.176. The summed E-state index contributed by atoms with van der Waals surface area (Å²) in [7, 11) is 1.99. The SMILES string of the molecule is CNCCCc1ccccc1.Oc1cncc2ncccc12. The maximum absolute atomic E-state index is 9.27. The van der Waals surface area contributed by atoms with Gasteiger partial charge in [0.2, 0.25) is 0 Å². The van der Waals surface area contributed by atoms with Gasteiger partial charge in [0, 0.05) is 11.6 Å². The monoisotopic (exact) mass is 295 g/mol. The highest BCUT2D eigenvalue weighted by molar-refractivity contribution is 5.83. The highest BCUT2D eigenvalue weighted by atomic mass is 16.3. The number of fused-ring (bicyclic) bond motifs is 1. The van der Waals surface area contributed by atoms with Gasteiger partial charge in [-0.1, -0.05) is 30.3 Å². The molecular weight excluding hydrogens is 274 g/mol. The van der Waals surface area contributed by atoms with Crippen molar-refractivity contribution in [3.05, 3.63) is 66.6 Å². The molecule has 0 fully saturated rings. The van der Waals surface area contributed by atoms with Gasteiger partial charge in [-0.15, -0.1) is 0 Å². The van der Waals surface area contributed by atoms with Crippen molar-refractivity contribution in [1.29, 1.82) is 0 Å². The molecule has 0 radical (unpaired) electrons. The summed E-state index contributed by atoms with van der Waals surface area (Å²) in [5.41, 5.74) is 2.15. The van der Waals surface area contributed by atoms with E-state index in [9.17, 15) is 5.11 Å². The van der Waals surface area contributed by atoms with Gasteiger partial charge in [-0.05, 0) is 44.1 Å². The van der Waals surface area contributed by atoms with Crippen LogP contribution in [0.3, 0.4) is 0 Å². The average Bonchev–Trinajstić information content (AvgIpc) is 2.57. The van der Waals surface area contributed by atoms with Crippen molar-refractivity contribution in [2.75, 3.05) is 13.6 Å². The van der Waals surface area contributed by atoms with Crippen molar-refractivity contribution < 1.29 is 5.11 Å². The highest BCUT2D eigenvalue weighted by Crippen LogP contribution is 2.19. The molecule has 0 amide bonds. The van der Waals surface area contributed by atoms with Gasteiger partial charge in [-0.2, -0.15) is 0 Å². The maximum atomic E-state index is 9.27. The summed E-state index contributed by atoms with van der Waals surface area (Å²) >= 11 is 0. The molecule has 22 heavy (non-hydrogen) atoms. The zero-order valence-electron chi connectivity index (χ0n) is 12.7. The van der Waals surface area contributed by atoms with E-state index in [-0.39, 0.29) is 5.75 Å². The van der Waals surface area contributed by atoms with Gasteiger partial charge in [0.25, 0.3) is 0 Å². The minimum Gasteiger partial charge on any atom is -0.506 e. The fraction of sp³-hybridized carbons (Fsp3) is 0.222. The molecule has 4 heteroatoms. The molecule has 0 aliphatic rings. The van der Waals surface area contributed by atoms with Crippen LogP contribution in [-0.2, 0) is 6.42 Å². The molecule has 0 spiro atoms. The van der Waals surface area contributed by atoms with Crippen LogP contribution < -0.4 is 5.32 Å². The third-order valence-electron chi connectivity index (χ3n) is 3.24. The zero-order chi connectivity index (χ0) is 15.6. The largest absolute Gasteiger partial charge is 0.506 e. The first kappa shape index (κ1) is 15.9. The van der Waals surface area contributed by atoms with Crippen LogP contribution >= 0.6 is 0 Å². The predicted octanol–water partition coefficient (Wildman–Crippen LogP) is 3.17. The molecule has 3 aromatic rings. The highest BCUT2D eigenvalue weighted by Gasteiger charge is 1.97. The third kappa shape index (κ3) is 4.82. The molecular formula is C18H21N3O. The van der Waals surface area contributed by atoms with Crippen molar-refractivity contribution in [1.82, 2.24) is 15.3 Å². The molecule has 2 N–H and O–H groups in total. The number of nitrogens with zero attached hydrogens (tertiary/aromatic N) is 2. The molecule has 4 nitrogen and oxygen atoms in total. The van der Waals surface area contributed by atoms with Crippen LogP contribution in [0.4, 0.5) is 0 Å². The predicted molar refractivity (Wildman–Crippen MR) is 89.9 cm³/mol. The molecule has 0 saturated carbocycles. The van der Waals surface area contributed by atoms with E-state index in [0.717, 1.165) is 11.9 Å². The summed E-state index contributed by atoms with van der Waals surface area (Å²) in [4.78, 5) is 7.82. The summed E-state index contributed by atoms with van der Waals surface area (Å²) in [6.45, 7) is 1.11. The van der Waals surface area contributed by atoms with E-state index in [1.807, 2.05) is 7.05 Å². The number of aryl methyl sites for hydroxylation is 1. The van der Waals surface area contributed by atoms with Gasteiger partial charge in [-0.3, -0.25) is 9.97 Å². The van der Waals surface area contributed by atoms with Crippen LogP contribution in [0.1, 0.15) is 12.0 Å². The van der Waals surface area contributed by atoms with Crippen molar-refractivity contribution >= 4 is 10.9 Å². The van der Waals surface area contributed by atoms with Crippen molar-refractivity contribution in [3.63, 3.8) is 0 Å². The Kier molecular flexibility index (Phi) is 6.33. The molecule has 114 valence electrons. The number of pyridine rings is 2. The Hall–Kier alpha value is -2.46. The molecule has 1 aromatic carbocycles. The number of benzene rings is 1. The summed E-state index contributed by atoms with van der Waals surface area (Å²) in [6.07, 6.45) is 7.10. The second-order valence-corrected chi connectivity index (χ2v) is 4.92. The number of hydrogen-bond donors (Lipinski definition) is 2. The second kappa shape index (κ2) is 8.74.